The van der Waals surface area contributed by atoms with Crippen molar-refractivity contribution in [1.29, 1.82) is 0 Å². The molecule has 0 heterocycles. The van der Waals surface area contributed by atoms with Crippen LogP contribution in [0.1, 0.15) is 19.3 Å². The van der Waals surface area contributed by atoms with Crippen LogP contribution in [0.4, 0.5) is 0 Å². The van der Waals surface area contributed by atoms with Gasteiger partial charge in [0.05, 0.1) is 0 Å². The maximum atomic E-state index is 2.28. The van der Waals surface area contributed by atoms with E-state index >= 15 is 0 Å². The molecular weight excluding hydrogens is 137 g/mol. The molecule has 34 valence electrons. The van der Waals surface area contributed by atoms with Crippen LogP contribution in [0.5, 0.6) is 0 Å². The van der Waals surface area contributed by atoms with Gasteiger partial charge in [-0.3, -0.25) is 0 Å². The SMILES string of the molecule is [Zn]=[C]1C=CCCC1. The van der Waals surface area contributed by atoms with E-state index in [0.29, 0.717) is 0 Å². The average Bonchev–Trinajstić information content (AvgIpc) is 1.69. The normalized spacial score (nSPS) is 20.6. The molecule has 0 fully saturated rings. The van der Waals surface area contributed by atoms with Gasteiger partial charge in [-0.1, -0.05) is 0 Å². The Balaban J connectivity index is 2.51. The number of rotatable bonds is 0. The van der Waals surface area contributed by atoms with E-state index in [4.69, 9.17) is 0 Å². The van der Waals surface area contributed by atoms with Gasteiger partial charge in [0.15, 0.2) is 0 Å². The van der Waals surface area contributed by atoms with Crippen LogP contribution < -0.4 is 0 Å². The van der Waals surface area contributed by atoms with Crippen molar-refractivity contribution in [2.75, 3.05) is 0 Å². The van der Waals surface area contributed by atoms with Gasteiger partial charge in [-0.05, 0) is 0 Å². The van der Waals surface area contributed by atoms with E-state index in [9.17, 15) is 0 Å². The topological polar surface area (TPSA) is 0 Å². The van der Waals surface area contributed by atoms with Crippen LogP contribution in [0.2, 0.25) is 0 Å². The molecule has 0 spiro atoms. The second-order valence-electron chi connectivity index (χ2n) is 1.95. The summed E-state index contributed by atoms with van der Waals surface area (Å²) in [5.74, 6) is 0. The molecule has 1 rings (SSSR count). The fourth-order valence-electron chi connectivity index (χ4n) is 0.780. The van der Waals surface area contributed by atoms with Gasteiger partial charge in [0, 0.05) is 0 Å². The first-order chi connectivity index (χ1) is 3.39. The van der Waals surface area contributed by atoms with Crippen molar-refractivity contribution < 1.29 is 17.9 Å². The van der Waals surface area contributed by atoms with E-state index in [-0.39, 0.29) is 0 Å². The van der Waals surface area contributed by atoms with Crippen LogP contribution in [0, 0.1) is 0 Å². The van der Waals surface area contributed by atoms with Crippen molar-refractivity contribution in [2.24, 2.45) is 0 Å². The summed E-state index contributed by atoms with van der Waals surface area (Å²) in [5.41, 5.74) is 0. The van der Waals surface area contributed by atoms with Gasteiger partial charge in [0.1, 0.15) is 0 Å². The molecule has 0 radical (unpaired) electrons. The summed E-state index contributed by atoms with van der Waals surface area (Å²) >= 11 is 1.37. The van der Waals surface area contributed by atoms with Crippen molar-refractivity contribution >= 4 is 4.11 Å². The monoisotopic (exact) mass is 144 g/mol. The first-order valence-corrected chi connectivity index (χ1v) is 4.22. The molecule has 0 atom stereocenters. The van der Waals surface area contributed by atoms with Crippen LogP contribution in [0.3, 0.4) is 0 Å². The number of hydrogen-bond acceptors (Lipinski definition) is 0. The molecule has 0 aromatic carbocycles. The zero-order valence-corrected chi connectivity index (χ0v) is 7.45. The quantitative estimate of drug-likeness (QED) is 0.453. The van der Waals surface area contributed by atoms with Gasteiger partial charge in [0.25, 0.3) is 0 Å². The Morgan fingerprint density at radius 1 is 1.57 bits per heavy atom. The van der Waals surface area contributed by atoms with Crippen molar-refractivity contribution in [2.45, 2.75) is 19.3 Å². The van der Waals surface area contributed by atoms with E-state index in [1.54, 1.807) is 4.11 Å². The molecule has 0 aromatic heterocycles. The summed E-state index contributed by atoms with van der Waals surface area (Å²) in [6, 6.07) is 0. The summed E-state index contributed by atoms with van der Waals surface area (Å²) in [7, 11) is 0. The molecule has 0 amide bonds. The second-order valence-corrected chi connectivity index (χ2v) is 3.86. The van der Waals surface area contributed by atoms with Gasteiger partial charge in [0.2, 0.25) is 0 Å². The molecule has 0 unspecified atom stereocenters. The molecular formula is C6H8Zn. The van der Waals surface area contributed by atoms with E-state index in [0.717, 1.165) is 0 Å². The van der Waals surface area contributed by atoms with Gasteiger partial charge in [-0.15, -0.1) is 0 Å². The van der Waals surface area contributed by atoms with Crippen LogP contribution in [0.25, 0.3) is 0 Å². The zero-order chi connectivity index (χ0) is 5.11. The third kappa shape index (κ3) is 1.65. The van der Waals surface area contributed by atoms with Gasteiger partial charge in [-0.2, -0.15) is 0 Å². The molecule has 1 aliphatic rings. The van der Waals surface area contributed by atoms with Gasteiger partial charge < -0.3 is 0 Å². The standard InChI is InChI=1S/C6H8.Zn/c1-2-4-6-5-3-1;/h1-2H,3,5-6H2;. The van der Waals surface area contributed by atoms with E-state index in [1.165, 1.54) is 37.1 Å². The maximum absolute atomic E-state index is 2.28. The fraction of sp³-hybridized carbons (Fsp3) is 0.500. The first kappa shape index (κ1) is 5.37. The summed E-state index contributed by atoms with van der Waals surface area (Å²) < 4.78 is 1.66. The van der Waals surface area contributed by atoms with Crippen LogP contribution in [-0.4, -0.2) is 4.11 Å². The summed E-state index contributed by atoms with van der Waals surface area (Å²) in [6.45, 7) is 0. The fourth-order valence-corrected chi connectivity index (χ4v) is 1.65. The summed E-state index contributed by atoms with van der Waals surface area (Å²) in [4.78, 5) is 0. The molecule has 0 nitrogen and oxygen atoms in total. The third-order valence-electron chi connectivity index (χ3n) is 1.22. The first-order valence-electron chi connectivity index (χ1n) is 2.74. The predicted molar refractivity (Wildman–Crippen MR) is 28.0 cm³/mol. The number of allylic oxidation sites excluding steroid dienone is 2. The molecule has 0 bridgehead atoms. The molecule has 0 saturated heterocycles. The summed E-state index contributed by atoms with van der Waals surface area (Å²) in [5, 5.41) is 0. The van der Waals surface area contributed by atoms with Crippen LogP contribution in [-0.2, 0) is 17.9 Å². The minimum atomic E-state index is 1.31. The van der Waals surface area contributed by atoms with Gasteiger partial charge in [-0.25, -0.2) is 0 Å². The van der Waals surface area contributed by atoms with E-state index in [2.05, 4.69) is 12.2 Å². The average molecular weight is 146 g/mol. The molecule has 0 aliphatic heterocycles. The van der Waals surface area contributed by atoms with Crippen molar-refractivity contribution in [1.82, 2.24) is 0 Å². The van der Waals surface area contributed by atoms with Crippen LogP contribution >= 0.6 is 0 Å². The Bertz CT molecular complexity index is 103. The van der Waals surface area contributed by atoms with E-state index in [1.807, 2.05) is 0 Å². The zero-order valence-electron chi connectivity index (χ0n) is 4.48. The molecule has 1 aliphatic carbocycles. The van der Waals surface area contributed by atoms with Crippen molar-refractivity contribution in [3.8, 4) is 0 Å². The predicted octanol–water partition coefficient (Wildman–Crippen LogP) is 1.45. The Morgan fingerprint density at radius 2 is 2.43 bits per heavy atom. The minimum absolute atomic E-state index is 1.31. The summed E-state index contributed by atoms with van der Waals surface area (Å²) in [6.07, 6.45) is 8.64. The Hall–Kier alpha value is 0.233. The Morgan fingerprint density at radius 3 is 2.71 bits per heavy atom. The van der Waals surface area contributed by atoms with Crippen molar-refractivity contribution in [3.05, 3.63) is 12.2 Å². The molecule has 0 aromatic rings. The Labute approximate surface area is 53.8 Å². The third-order valence-corrected chi connectivity index (χ3v) is 2.46. The molecule has 0 saturated carbocycles. The van der Waals surface area contributed by atoms with Gasteiger partial charge >= 0.3 is 53.4 Å². The second kappa shape index (κ2) is 2.52. The molecule has 1 heteroatoms. The van der Waals surface area contributed by atoms with E-state index < -0.39 is 0 Å². The molecule has 7 heavy (non-hydrogen) atoms. The number of hydrogen-bond donors (Lipinski definition) is 0. The Kier molecular flexibility index (Phi) is 1.93. The van der Waals surface area contributed by atoms with Crippen molar-refractivity contribution in [3.63, 3.8) is 0 Å². The molecule has 0 N–H and O–H groups in total. The van der Waals surface area contributed by atoms with Crippen LogP contribution in [0.15, 0.2) is 12.2 Å².